The number of sulfonamides is 1. The summed E-state index contributed by atoms with van der Waals surface area (Å²) in [4.78, 5) is 0.0856. The molecular weight excluding hydrogens is 340 g/mol. The van der Waals surface area contributed by atoms with Crippen molar-refractivity contribution in [2.24, 2.45) is 0 Å². The topological polar surface area (TPSA) is 72.2 Å². The minimum absolute atomic E-state index is 0.0856. The van der Waals surface area contributed by atoms with Crippen LogP contribution in [0.25, 0.3) is 0 Å². The number of benzene rings is 2. The first-order valence-electron chi connectivity index (χ1n) is 5.95. The van der Waals surface area contributed by atoms with Gasteiger partial charge in [0.1, 0.15) is 4.90 Å². The Bertz CT molecular complexity index is 758. The van der Waals surface area contributed by atoms with Gasteiger partial charge in [-0.25, -0.2) is 8.42 Å². The minimum Gasteiger partial charge on any atom is -0.398 e. The fraction of sp³-hybridized carbons (Fsp3) is 0.143. The Kier molecular flexibility index (Phi) is 4.06. The van der Waals surface area contributed by atoms with Gasteiger partial charge in [0, 0.05) is 4.47 Å². The van der Waals surface area contributed by atoms with Crippen LogP contribution >= 0.6 is 15.9 Å². The smallest absolute Gasteiger partial charge is 0.263 e. The van der Waals surface area contributed by atoms with Crippen LogP contribution in [-0.2, 0) is 10.0 Å². The van der Waals surface area contributed by atoms with E-state index in [4.69, 9.17) is 5.73 Å². The van der Waals surface area contributed by atoms with E-state index in [-0.39, 0.29) is 10.6 Å². The number of halogens is 1. The van der Waals surface area contributed by atoms with Crippen molar-refractivity contribution in [2.75, 3.05) is 10.5 Å². The Morgan fingerprint density at radius 2 is 1.80 bits per heavy atom. The highest BCUT2D eigenvalue weighted by molar-refractivity contribution is 9.10. The van der Waals surface area contributed by atoms with Crippen LogP contribution in [0.5, 0.6) is 0 Å². The Labute approximate surface area is 127 Å². The number of nitrogen functional groups attached to an aromatic ring is 1. The van der Waals surface area contributed by atoms with E-state index < -0.39 is 10.0 Å². The minimum atomic E-state index is -3.70. The molecule has 0 fully saturated rings. The molecule has 0 aliphatic heterocycles. The number of aryl methyl sites for hydroxylation is 2. The first-order valence-corrected chi connectivity index (χ1v) is 8.22. The molecule has 2 rings (SSSR count). The van der Waals surface area contributed by atoms with Gasteiger partial charge in [-0.1, -0.05) is 28.1 Å². The van der Waals surface area contributed by atoms with Gasteiger partial charge in [0.2, 0.25) is 0 Å². The maximum absolute atomic E-state index is 12.4. The third kappa shape index (κ3) is 3.13. The number of nitrogens with one attached hydrogen (secondary N) is 1. The molecule has 2 aromatic carbocycles. The van der Waals surface area contributed by atoms with E-state index in [0.717, 1.165) is 15.6 Å². The second kappa shape index (κ2) is 5.46. The van der Waals surface area contributed by atoms with Crippen LogP contribution in [0.4, 0.5) is 11.4 Å². The summed E-state index contributed by atoms with van der Waals surface area (Å²) in [6.45, 7) is 3.70. The van der Waals surface area contributed by atoms with E-state index in [9.17, 15) is 8.42 Å². The van der Waals surface area contributed by atoms with E-state index >= 15 is 0 Å². The Morgan fingerprint density at radius 1 is 1.10 bits per heavy atom. The molecule has 0 aliphatic carbocycles. The molecule has 6 heteroatoms. The van der Waals surface area contributed by atoms with Crippen LogP contribution in [0, 0.1) is 13.8 Å². The summed E-state index contributed by atoms with van der Waals surface area (Å²) < 4.78 is 28.2. The SMILES string of the molecule is Cc1ccc(S(=O)(=O)Nc2cc(Br)ccc2C)c(N)c1. The van der Waals surface area contributed by atoms with Crippen LogP contribution in [0.1, 0.15) is 11.1 Å². The van der Waals surface area contributed by atoms with Crippen molar-refractivity contribution in [3.63, 3.8) is 0 Å². The number of anilines is 2. The molecule has 0 heterocycles. The number of nitrogens with two attached hydrogens (primary N) is 1. The molecule has 0 saturated carbocycles. The molecule has 0 aromatic heterocycles. The normalized spacial score (nSPS) is 11.3. The zero-order chi connectivity index (χ0) is 14.9. The highest BCUT2D eigenvalue weighted by atomic mass is 79.9. The molecule has 0 atom stereocenters. The number of rotatable bonds is 3. The molecule has 0 unspecified atom stereocenters. The lowest BCUT2D eigenvalue weighted by Gasteiger charge is -2.12. The molecule has 106 valence electrons. The van der Waals surface area contributed by atoms with E-state index in [1.165, 1.54) is 6.07 Å². The molecule has 4 nitrogen and oxygen atoms in total. The van der Waals surface area contributed by atoms with Crippen molar-refractivity contribution < 1.29 is 8.42 Å². The standard InChI is InChI=1S/C14H15BrN2O2S/c1-9-3-6-14(12(16)7-9)20(18,19)17-13-8-11(15)5-4-10(13)2/h3-8,17H,16H2,1-2H3. The van der Waals surface area contributed by atoms with Gasteiger partial charge in [-0.3, -0.25) is 4.72 Å². The molecule has 0 aliphatic rings. The van der Waals surface area contributed by atoms with E-state index in [1.807, 2.05) is 26.0 Å². The van der Waals surface area contributed by atoms with Gasteiger partial charge < -0.3 is 5.73 Å². The van der Waals surface area contributed by atoms with E-state index in [0.29, 0.717) is 5.69 Å². The second-order valence-corrected chi connectivity index (χ2v) is 7.17. The summed E-state index contributed by atoms with van der Waals surface area (Å²) in [6, 6.07) is 10.3. The van der Waals surface area contributed by atoms with Crippen molar-refractivity contribution in [1.29, 1.82) is 0 Å². The van der Waals surface area contributed by atoms with E-state index in [1.54, 1.807) is 18.2 Å². The van der Waals surface area contributed by atoms with Crippen LogP contribution in [-0.4, -0.2) is 8.42 Å². The molecule has 0 bridgehead atoms. The van der Waals surface area contributed by atoms with Crippen LogP contribution in [0.3, 0.4) is 0 Å². The van der Waals surface area contributed by atoms with Gasteiger partial charge in [0.05, 0.1) is 11.4 Å². The Hall–Kier alpha value is -1.53. The lowest BCUT2D eigenvalue weighted by Crippen LogP contribution is -2.15. The maximum Gasteiger partial charge on any atom is 0.263 e. The molecule has 0 radical (unpaired) electrons. The number of hydrogen-bond acceptors (Lipinski definition) is 3. The summed E-state index contributed by atoms with van der Waals surface area (Å²) in [5.41, 5.74) is 8.32. The fourth-order valence-corrected chi connectivity index (χ4v) is 3.41. The largest absolute Gasteiger partial charge is 0.398 e. The van der Waals surface area contributed by atoms with Crippen molar-refractivity contribution in [1.82, 2.24) is 0 Å². The fourth-order valence-electron chi connectivity index (χ4n) is 1.82. The lowest BCUT2D eigenvalue weighted by molar-refractivity contribution is 0.601. The predicted octanol–water partition coefficient (Wildman–Crippen LogP) is 3.45. The highest BCUT2D eigenvalue weighted by Crippen LogP contribution is 2.26. The van der Waals surface area contributed by atoms with Gasteiger partial charge >= 0.3 is 0 Å². The summed E-state index contributed by atoms with van der Waals surface area (Å²) in [7, 11) is -3.70. The zero-order valence-corrected chi connectivity index (χ0v) is 13.5. The van der Waals surface area contributed by atoms with Crippen LogP contribution < -0.4 is 10.5 Å². The van der Waals surface area contributed by atoms with Crippen molar-refractivity contribution in [3.05, 3.63) is 52.0 Å². The summed E-state index contributed by atoms with van der Waals surface area (Å²) in [6.07, 6.45) is 0. The molecule has 20 heavy (non-hydrogen) atoms. The van der Waals surface area contributed by atoms with Crippen molar-refractivity contribution in [2.45, 2.75) is 18.7 Å². The molecule has 2 aromatic rings. The summed E-state index contributed by atoms with van der Waals surface area (Å²) >= 11 is 3.32. The average Bonchev–Trinajstić information content (AvgIpc) is 2.33. The van der Waals surface area contributed by atoms with Gasteiger partial charge in [0.15, 0.2) is 0 Å². The van der Waals surface area contributed by atoms with Gasteiger partial charge in [-0.05, 0) is 49.2 Å². The quantitative estimate of drug-likeness (QED) is 0.829. The highest BCUT2D eigenvalue weighted by Gasteiger charge is 2.18. The predicted molar refractivity (Wildman–Crippen MR) is 85.3 cm³/mol. The molecule has 3 N–H and O–H groups in total. The van der Waals surface area contributed by atoms with Gasteiger partial charge in [0.25, 0.3) is 10.0 Å². The molecule has 0 amide bonds. The molecule has 0 spiro atoms. The number of hydrogen-bond donors (Lipinski definition) is 2. The first-order chi connectivity index (χ1) is 9.29. The third-order valence-corrected chi connectivity index (χ3v) is 4.83. The van der Waals surface area contributed by atoms with E-state index in [2.05, 4.69) is 20.7 Å². The zero-order valence-electron chi connectivity index (χ0n) is 11.1. The van der Waals surface area contributed by atoms with Crippen LogP contribution in [0.15, 0.2) is 45.8 Å². The Balaban J connectivity index is 2.43. The van der Waals surface area contributed by atoms with Crippen molar-refractivity contribution >= 4 is 37.3 Å². The lowest BCUT2D eigenvalue weighted by atomic mass is 10.2. The molecular formula is C14H15BrN2O2S. The van der Waals surface area contributed by atoms with Gasteiger partial charge in [-0.15, -0.1) is 0 Å². The van der Waals surface area contributed by atoms with Crippen LogP contribution in [0.2, 0.25) is 0 Å². The summed E-state index contributed by atoms with van der Waals surface area (Å²) in [5, 5.41) is 0. The Morgan fingerprint density at radius 3 is 2.45 bits per heavy atom. The molecule has 0 saturated heterocycles. The monoisotopic (exact) mass is 354 g/mol. The maximum atomic E-state index is 12.4. The summed E-state index contributed by atoms with van der Waals surface area (Å²) in [5.74, 6) is 0. The van der Waals surface area contributed by atoms with Gasteiger partial charge in [-0.2, -0.15) is 0 Å². The average molecular weight is 355 g/mol. The first kappa shape index (κ1) is 14.9. The van der Waals surface area contributed by atoms with Crippen molar-refractivity contribution in [3.8, 4) is 0 Å². The third-order valence-electron chi connectivity index (χ3n) is 2.90. The second-order valence-electron chi connectivity index (χ2n) is 4.61.